The highest BCUT2D eigenvalue weighted by molar-refractivity contribution is 5.50. The Kier molecular flexibility index (Phi) is 3.20. The molecule has 0 spiro atoms. The third kappa shape index (κ3) is 2.42. The molecule has 0 heterocycles. The van der Waals surface area contributed by atoms with Crippen LogP contribution >= 0.6 is 0 Å². The lowest BCUT2D eigenvalue weighted by Crippen LogP contribution is -2.47. The fourth-order valence-electron chi connectivity index (χ4n) is 2.15. The Morgan fingerprint density at radius 2 is 1.78 bits per heavy atom. The molecule has 96 valence electrons. The number of nitriles is 1. The van der Waals surface area contributed by atoms with Crippen molar-refractivity contribution in [3.05, 3.63) is 29.8 Å². The van der Waals surface area contributed by atoms with Crippen LogP contribution in [0.25, 0.3) is 0 Å². The molecule has 0 amide bonds. The molecule has 5 heteroatoms. The molecule has 0 N–H and O–H groups in total. The third-order valence-corrected chi connectivity index (χ3v) is 3.53. The second-order valence-corrected chi connectivity index (χ2v) is 4.63. The Hall–Kier alpha value is -1.70. The van der Waals surface area contributed by atoms with E-state index in [0.29, 0.717) is 5.56 Å². The van der Waals surface area contributed by atoms with Crippen molar-refractivity contribution in [1.29, 1.82) is 5.26 Å². The minimum atomic E-state index is -4.07. The largest absolute Gasteiger partial charge is 0.391 e. The lowest BCUT2D eigenvalue weighted by Gasteiger charge is -2.42. The van der Waals surface area contributed by atoms with Crippen molar-refractivity contribution in [3.8, 4) is 6.07 Å². The number of rotatable bonds is 2. The molecule has 1 aliphatic carbocycles. The number of hydrogen-bond donors (Lipinski definition) is 0. The average molecular weight is 254 g/mol. The quantitative estimate of drug-likeness (QED) is 0.809. The molecule has 0 atom stereocenters. The molecule has 0 saturated heterocycles. The monoisotopic (exact) mass is 254 g/mol. The van der Waals surface area contributed by atoms with Crippen LogP contribution in [0.4, 0.5) is 18.9 Å². The summed E-state index contributed by atoms with van der Waals surface area (Å²) in [7, 11) is 1.79. The SMILES string of the molecule is CN(c1ccc(C#N)cc1)[C@H]1C[C@@H](C(F)(F)F)C1. The number of nitrogens with zero attached hydrogens (tertiary/aromatic N) is 2. The number of benzene rings is 1. The van der Waals surface area contributed by atoms with Gasteiger partial charge in [0.15, 0.2) is 0 Å². The van der Waals surface area contributed by atoms with Gasteiger partial charge < -0.3 is 4.90 Å². The molecule has 0 aliphatic heterocycles. The standard InChI is InChI=1S/C13H13F3N2/c1-18(11-4-2-9(8-17)3-5-11)12-6-10(7-12)13(14,15)16/h2-5,10,12H,6-7H2,1H3/t10-,12+. The topological polar surface area (TPSA) is 27.0 Å². The molecular formula is C13H13F3N2. The maximum absolute atomic E-state index is 12.4. The Bertz CT molecular complexity index is 453. The van der Waals surface area contributed by atoms with Crippen molar-refractivity contribution in [3.63, 3.8) is 0 Å². The Balaban J connectivity index is 1.97. The van der Waals surface area contributed by atoms with E-state index in [-0.39, 0.29) is 18.9 Å². The maximum atomic E-state index is 12.4. The van der Waals surface area contributed by atoms with E-state index in [2.05, 4.69) is 0 Å². The first-order valence-corrected chi connectivity index (χ1v) is 5.71. The number of halogens is 3. The van der Waals surface area contributed by atoms with Crippen molar-refractivity contribution >= 4 is 5.69 Å². The zero-order valence-electron chi connectivity index (χ0n) is 9.91. The second kappa shape index (κ2) is 4.52. The first kappa shape index (κ1) is 12.7. The minimum absolute atomic E-state index is 0.0652. The predicted molar refractivity (Wildman–Crippen MR) is 62.1 cm³/mol. The van der Waals surface area contributed by atoms with E-state index in [0.717, 1.165) is 5.69 Å². The van der Waals surface area contributed by atoms with Gasteiger partial charge in [0.25, 0.3) is 0 Å². The molecule has 1 fully saturated rings. The zero-order valence-corrected chi connectivity index (χ0v) is 9.91. The fraction of sp³-hybridized carbons (Fsp3) is 0.462. The van der Waals surface area contributed by atoms with Gasteiger partial charge >= 0.3 is 6.18 Å². The van der Waals surface area contributed by atoms with Gasteiger partial charge in [-0.1, -0.05) is 0 Å². The lowest BCUT2D eigenvalue weighted by molar-refractivity contribution is -0.196. The summed E-state index contributed by atoms with van der Waals surface area (Å²) in [6.45, 7) is 0. The minimum Gasteiger partial charge on any atom is -0.372 e. The normalized spacial score (nSPS) is 23.1. The third-order valence-electron chi connectivity index (χ3n) is 3.53. The van der Waals surface area contributed by atoms with Crippen molar-refractivity contribution in [2.75, 3.05) is 11.9 Å². The van der Waals surface area contributed by atoms with Crippen LogP contribution < -0.4 is 4.90 Å². The maximum Gasteiger partial charge on any atom is 0.391 e. The van der Waals surface area contributed by atoms with Crippen LogP contribution in [-0.2, 0) is 0 Å². The van der Waals surface area contributed by atoms with Gasteiger partial charge in [0.2, 0.25) is 0 Å². The van der Waals surface area contributed by atoms with Crippen LogP contribution in [0.3, 0.4) is 0 Å². The summed E-state index contributed by atoms with van der Waals surface area (Å²) in [6.07, 6.45) is -3.76. The molecule has 0 aromatic heterocycles. The summed E-state index contributed by atoms with van der Waals surface area (Å²) in [5.74, 6) is -1.16. The number of alkyl halides is 3. The van der Waals surface area contributed by atoms with E-state index >= 15 is 0 Å². The summed E-state index contributed by atoms with van der Waals surface area (Å²) < 4.78 is 37.2. The highest BCUT2D eigenvalue weighted by Gasteiger charge is 2.48. The molecule has 1 aromatic carbocycles. The van der Waals surface area contributed by atoms with Gasteiger partial charge in [-0.05, 0) is 37.1 Å². The first-order chi connectivity index (χ1) is 8.41. The van der Waals surface area contributed by atoms with E-state index in [9.17, 15) is 13.2 Å². The summed E-state index contributed by atoms with van der Waals surface area (Å²) in [4.78, 5) is 1.85. The van der Waals surface area contributed by atoms with E-state index in [4.69, 9.17) is 5.26 Å². The van der Waals surface area contributed by atoms with Gasteiger partial charge in [-0.15, -0.1) is 0 Å². The zero-order chi connectivity index (χ0) is 13.3. The molecular weight excluding hydrogens is 241 g/mol. The Morgan fingerprint density at radius 1 is 1.22 bits per heavy atom. The van der Waals surface area contributed by atoms with E-state index in [1.807, 2.05) is 11.0 Å². The molecule has 2 nitrogen and oxygen atoms in total. The molecule has 18 heavy (non-hydrogen) atoms. The molecule has 1 aliphatic rings. The number of anilines is 1. The predicted octanol–water partition coefficient (Wildman–Crippen LogP) is 3.34. The van der Waals surface area contributed by atoms with E-state index < -0.39 is 12.1 Å². The fourth-order valence-corrected chi connectivity index (χ4v) is 2.15. The lowest BCUT2D eigenvalue weighted by atomic mass is 9.79. The summed E-state index contributed by atoms with van der Waals surface area (Å²) in [5.41, 5.74) is 1.40. The van der Waals surface area contributed by atoms with Gasteiger partial charge in [-0.2, -0.15) is 18.4 Å². The van der Waals surface area contributed by atoms with Crippen molar-refractivity contribution in [2.45, 2.75) is 25.1 Å². The van der Waals surface area contributed by atoms with Crippen LogP contribution in [-0.4, -0.2) is 19.3 Å². The second-order valence-electron chi connectivity index (χ2n) is 4.63. The Morgan fingerprint density at radius 3 is 2.22 bits per heavy atom. The van der Waals surface area contributed by atoms with Crippen molar-refractivity contribution in [2.24, 2.45) is 5.92 Å². The molecule has 2 rings (SSSR count). The van der Waals surface area contributed by atoms with Gasteiger partial charge in [0, 0.05) is 18.8 Å². The number of hydrogen-bond acceptors (Lipinski definition) is 2. The van der Waals surface area contributed by atoms with Gasteiger partial charge in [0.1, 0.15) is 0 Å². The highest BCUT2D eigenvalue weighted by Crippen LogP contribution is 2.43. The van der Waals surface area contributed by atoms with Crippen LogP contribution in [0.5, 0.6) is 0 Å². The summed E-state index contributed by atoms with van der Waals surface area (Å²) in [6, 6.07) is 8.82. The highest BCUT2D eigenvalue weighted by atomic mass is 19.4. The molecule has 1 saturated carbocycles. The smallest absolute Gasteiger partial charge is 0.372 e. The van der Waals surface area contributed by atoms with Crippen LogP contribution in [0, 0.1) is 17.2 Å². The van der Waals surface area contributed by atoms with Crippen molar-refractivity contribution in [1.82, 2.24) is 0 Å². The molecule has 1 aromatic rings. The van der Waals surface area contributed by atoms with Gasteiger partial charge in [-0.25, -0.2) is 0 Å². The molecule has 0 unspecified atom stereocenters. The van der Waals surface area contributed by atoms with Gasteiger partial charge in [0.05, 0.1) is 17.6 Å². The summed E-state index contributed by atoms with van der Waals surface area (Å²) >= 11 is 0. The first-order valence-electron chi connectivity index (χ1n) is 5.71. The van der Waals surface area contributed by atoms with E-state index in [1.165, 1.54) is 0 Å². The Labute approximate surface area is 104 Å². The summed E-state index contributed by atoms with van der Waals surface area (Å²) in [5, 5.41) is 8.67. The van der Waals surface area contributed by atoms with Crippen molar-refractivity contribution < 1.29 is 13.2 Å². The van der Waals surface area contributed by atoms with Crippen LogP contribution in [0.2, 0.25) is 0 Å². The van der Waals surface area contributed by atoms with E-state index in [1.54, 1.807) is 31.3 Å². The average Bonchev–Trinajstić information content (AvgIpc) is 2.25. The van der Waals surface area contributed by atoms with Crippen LogP contribution in [0.15, 0.2) is 24.3 Å². The molecule has 0 bridgehead atoms. The van der Waals surface area contributed by atoms with Gasteiger partial charge in [-0.3, -0.25) is 0 Å². The van der Waals surface area contributed by atoms with Crippen LogP contribution in [0.1, 0.15) is 18.4 Å². The molecule has 0 radical (unpaired) electrons.